The normalized spacial score (nSPS) is 16.5. The molecule has 0 atom stereocenters. The fourth-order valence-corrected chi connectivity index (χ4v) is 3.99. The van der Waals surface area contributed by atoms with Gasteiger partial charge in [0.1, 0.15) is 5.82 Å². The van der Waals surface area contributed by atoms with Crippen molar-refractivity contribution in [3.63, 3.8) is 0 Å². The summed E-state index contributed by atoms with van der Waals surface area (Å²) in [6.45, 7) is 4.55. The highest BCUT2D eigenvalue weighted by Crippen LogP contribution is 2.33. The fourth-order valence-electron chi connectivity index (χ4n) is 3.99. The van der Waals surface area contributed by atoms with E-state index < -0.39 is 0 Å². The number of hydrogen-bond donors (Lipinski definition) is 2. The largest absolute Gasteiger partial charge is 0.368 e. The third kappa shape index (κ3) is 3.26. The Morgan fingerprint density at radius 3 is 2.57 bits per heavy atom. The second-order valence-electron chi connectivity index (χ2n) is 7.76. The van der Waals surface area contributed by atoms with Gasteiger partial charge in [-0.25, -0.2) is 9.97 Å². The lowest BCUT2D eigenvalue weighted by atomic mass is 10.1. The highest BCUT2D eigenvalue weighted by molar-refractivity contribution is 6.05. The molecule has 9 heteroatoms. The Morgan fingerprint density at radius 1 is 1.03 bits per heavy atom. The second kappa shape index (κ2) is 7.42. The van der Waals surface area contributed by atoms with Gasteiger partial charge in [-0.1, -0.05) is 0 Å². The van der Waals surface area contributed by atoms with Crippen LogP contribution in [0.15, 0.2) is 37.1 Å². The summed E-state index contributed by atoms with van der Waals surface area (Å²) < 4.78 is 1.90. The lowest BCUT2D eigenvalue weighted by molar-refractivity contribution is 0.0966. The quantitative estimate of drug-likeness (QED) is 0.683. The van der Waals surface area contributed by atoms with Crippen LogP contribution in [0.3, 0.4) is 0 Å². The number of nitrogens with zero attached hydrogens (tertiary/aromatic N) is 6. The van der Waals surface area contributed by atoms with Crippen LogP contribution in [-0.2, 0) is 13.6 Å². The van der Waals surface area contributed by atoms with Gasteiger partial charge in [-0.2, -0.15) is 0 Å². The van der Waals surface area contributed by atoms with Gasteiger partial charge < -0.3 is 25.0 Å². The molecule has 5 rings (SSSR count). The number of likely N-dealkylation sites (N-methyl/N-ethyl adjacent to an activating group) is 1. The number of rotatable bonds is 4. The SMILES string of the molecule is CN1CCN(c2ccc(Nc3cnc(-c4cncn4C)c4c3C(=O)NC4)nc2)CC1. The summed E-state index contributed by atoms with van der Waals surface area (Å²) in [6, 6.07) is 4.01. The zero-order valence-electron chi connectivity index (χ0n) is 17.1. The van der Waals surface area contributed by atoms with E-state index in [4.69, 9.17) is 0 Å². The Labute approximate surface area is 174 Å². The molecule has 5 heterocycles. The summed E-state index contributed by atoms with van der Waals surface area (Å²) in [5.74, 6) is 0.581. The summed E-state index contributed by atoms with van der Waals surface area (Å²) >= 11 is 0. The molecule has 0 unspecified atom stereocenters. The summed E-state index contributed by atoms with van der Waals surface area (Å²) in [7, 11) is 4.06. The predicted octanol–water partition coefficient (Wildman–Crippen LogP) is 1.62. The molecule has 2 N–H and O–H groups in total. The average molecular weight is 404 g/mol. The van der Waals surface area contributed by atoms with Gasteiger partial charge in [-0.3, -0.25) is 9.78 Å². The van der Waals surface area contributed by atoms with Crippen molar-refractivity contribution in [2.24, 2.45) is 7.05 Å². The molecule has 1 saturated heterocycles. The number of amides is 1. The summed E-state index contributed by atoms with van der Waals surface area (Å²) in [5, 5.41) is 6.18. The van der Waals surface area contributed by atoms with Crippen molar-refractivity contribution < 1.29 is 4.79 Å². The van der Waals surface area contributed by atoms with E-state index in [0.717, 1.165) is 48.8 Å². The van der Waals surface area contributed by atoms with Crippen LogP contribution in [-0.4, -0.2) is 63.6 Å². The number of fused-ring (bicyclic) bond motifs is 1. The number of aryl methyl sites for hydroxylation is 1. The minimum Gasteiger partial charge on any atom is -0.368 e. The van der Waals surface area contributed by atoms with E-state index in [0.29, 0.717) is 23.6 Å². The third-order valence-corrected chi connectivity index (χ3v) is 5.77. The number of pyridine rings is 2. The van der Waals surface area contributed by atoms with E-state index in [9.17, 15) is 4.79 Å². The maximum atomic E-state index is 12.5. The Morgan fingerprint density at radius 2 is 1.87 bits per heavy atom. The topological polar surface area (TPSA) is 91.2 Å². The maximum Gasteiger partial charge on any atom is 0.254 e. The molecule has 0 radical (unpaired) electrons. The number of carbonyl (C=O) groups excluding carboxylic acids is 1. The lowest BCUT2D eigenvalue weighted by Gasteiger charge is -2.33. The smallest absolute Gasteiger partial charge is 0.254 e. The first-order chi connectivity index (χ1) is 14.6. The summed E-state index contributed by atoms with van der Waals surface area (Å²) in [6.07, 6.45) is 7.07. The van der Waals surface area contributed by atoms with Crippen LogP contribution in [0.5, 0.6) is 0 Å². The number of piperazine rings is 1. The number of carbonyl (C=O) groups is 1. The molecule has 0 aromatic carbocycles. The number of hydrogen-bond acceptors (Lipinski definition) is 7. The Bertz CT molecular complexity index is 1080. The van der Waals surface area contributed by atoms with Crippen molar-refractivity contribution in [2.75, 3.05) is 43.4 Å². The molecule has 2 aliphatic rings. The van der Waals surface area contributed by atoms with Gasteiger partial charge in [0.2, 0.25) is 0 Å². The van der Waals surface area contributed by atoms with Crippen LogP contribution in [0, 0.1) is 0 Å². The van der Waals surface area contributed by atoms with Crippen molar-refractivity contribution in [1.29, 1.82) is 0 Å². The Balaban J connectivity index is 1.41. The molecule has 3 aromatic rings. The monoisotopic (exact) mass is 404 g/mol. The number of anilines is 3. The molecule has 3 aromatic heterocycles. The number of aromatic nitrogens is 4. The summed E-state index contributed by atoms with van der Waals surface area (Å²) in [5.41, 5.74) is 4.91. The van der Waals surface area contributed by atoms with E-state index in [1.807, 2.05) is 23.9 Å². The van der Waals surface area contributed by atoms with Crippen LogP contribution in [0.1, 0.15) is 15.9 Å². The molecule has 0 spiro atoms. The van der Waals surface area contributed by atoms with Crippen molar-refractivity contribution in [3.8, 4) is 11.4 Å². The number of imidazole rings is 1. The molecule has 0 bridgehead atoms. The molecule has 1 amide bonds. The van der Waals surface area contributed by atoms with E-state index in [2.05, 4.69) is 48.5 Å². The van der Waals surface area contributed by atoms with Crippen molar-refractivity contribution >= 4 is 23.1 Å². The van der Waals surface area contributed by atoms with Gasteiger partial charge in [0.05, 0.1) is 53.2 Å². The standard InChI is InChI=1S/C21H24N8O/c1-27-5-7-29(8-6-27)14-3-4-18(23-9-14)26-16-11-24-20(17-12-22-13-28(17)2)15-10-25-21(30)19(15)16/h3-4,9,11-13H,5-8,10H2,1-2H3,(H,23,26)(H,25,30). The molecule has 9 nitrogen and oxygen atoms in total. The first-order valence-corrected chi connectivity index (χ1v) is 10.0. The highest BCUT2D eigenvalue weighted by Gasteiger charge is 2.28. The Hall–Kier alpha value is -3.46. The first-order valence-electron chi connectivity index (χ1n) is 10.0. The zero-order chi connectivity index (χ0) is 20.7. The van der Waals surface area contributed by atoms with Crippen LogP contribution in [0.25, 0.3) is 11.4 Å². The molecule has 154 valence electrons. The first kappa shape index (κ1) is 18.6. The molecular formula is C21H24N8O. The van der Waals surface area contributed by atoms with Crippen molar-refractivity contribution in [2.45, 2.75) is 6.54 Å². The van der Waals surface area contributed by atoms with Crippen LogP contribution >= 0.6 is 0 Å². The number of nitrogens with one attached hydrogen (secondary N) is 2. The van der Waals surface area contributed by atoms with Crippen LogP contribution in [0.2, 0.25) is 0 Å². The van der Waals surface area contributed by atoms with Gasteiger partial charge in [0.15, 0.2) is 0 Å². The third-order valence-electron chi connectivity index (χ3n) is 5.77. The summed E-state index contributed by atoms with van der Waals surface area (Å²) in [4.78, 5) is 30.6. The van der Waals surface area contributed by atoms with Crippen molar-refractivity contribution in [3.05, 3.63) is 48.2 Å². The predicted molar refractivity (Wildman–Crippen MR) is 115 cm³/mol. The highest BCUT2D eigenvalue weighted by atomic mass is 16.1. The van der Waals surface area contributed by atoms with Crippen LogP contribution < -0.4 is 15.5 Å². The van der Waals surface area contributed by atoms with Gasteiger partial charge in [0, 0.05) is 45.3 Å². The van der Waals surface area contributed by atoms with Gasteiger partial charge in [-0.15, -0.1) is 0 Å². The van der Waals surface area contributed by atoms with E-state index in [1.54, 1.807) is 18.7 Å². The molecule has 1 fully saturated rings. The van der Waals surface area contributed by atoms with E-state index in [-0.39, 0.29) is 5.91 Å². The molecular weight excluding hydrogens is 380 g/mol. The van der Waals surface area contributed by atoms with Gasteiger partial charge >= 0.3 is 0 Å². The maximum absolute atomic E-state index is 12.5. The van der Waals surface area contributed by atoms with E-state index in [1.165, 1.54) is 0 Å². The molecule has 2 aliphatic heterocycles. The van der Waals surface area contributed by atoms with Gasteiger partial charge in [-0.05, 0) is 19.2 Å². The van der Waals surface area contributed by atoms with Crippen molar-refractivity contribution in [1.82, 2.24) is 29.7 Å². The minimum absolute atomic E-state index is 0.104. The molecule has 0 saturated carbocycles. The van der Waals surface area contributed by atoms with E-state index >= 15 is 0 Å². The Kier molecular flexibility index (Phi) is 4.59. The second-order valence-corrected chi connectivity index (χ2v) is 7.76. The lowest BCUT2D eigenvalue weighted by Crippen LogP contribution is -2.44. The van der Waals surface area contributed by atoms with Crippen LogP contribution in [0.4, 0.5) is 17.2 Å². The molecule has 0 aliphatic carbocycles. The molecule has 30 heavy (non-hydrogen) atoms. The average Bonchev–Trinajstić information content (AvgIpc) is 3.36. The minimum atomic E-state index is -0.104. The fraction of sp³-hybridized carbons (Fsp3) is 0.333. The van der Waals surface area contributed by atoms with Gasteiger partial charge in [0.25, 0.3) is 5.91 Å². The zero-order valence-corrected chi connectivity index (χ0v) is 17.1.